The van der Waals surface area contributed by atoms with Crippen molar-refractivity contribution < 1.29 is 23.9 Å². The number of carbonyl (C=O) groups excluding carboxylic acids is 4. The number of morpholine rings is 1. The molecule has 2 aliphatic rings. The van der Waals surface area contributed by atoms with Crippen molar-refractivity contribution in [1.82, 2.24) is 24.6 Å². The molecule has 1 aliphatic carbocycles. The van der Waals surface area contributed by atoms with Crippen LogP contribution in [0.2, 0.25) is 5.15 Å². The second-order valence-electron chi connectivity index (χ2n) is 9.28. The van der Waals surface area contributed by atoms with Gasteiger partial charge in [0, 0.05) is 30.2 Å². The number of rotatable bonds is 8. The summed E-state index contributed by atoms with van der Waals surface area (Å²) < 4.78 is 6.66. The van der Waals surface area contributed by atoms with Gasteiger partial charge in [-0.05, 0) is 43.2 Å². The van der Waals surface area contributed by atoms with Gasteiger partial charge in [0.25, 0.3) is 5.91 Å². The van der Waals surface area contributed by atoms with Crippen LogP contribution in [0.15, 0.2) is 36.4 Å². The van der Waals surface area contributed by atoms with E-state index in [0.717, 1.165) is 12.8 Å². The third kappa shape index (κ3) is 6.26. The monoisotopic (exact) mass is 554 g/mol. The van der Waals surface area contributed by atoms with Crippen molar-refractivity contribution >= 4 is 57.8 Å². The van der Waals surface area contributed by atoms with Gasteiger partial charge in [0.15, 0.2) is 5.69 Å². The zero-order chi connectivity index (χ0) is 27.5. The molecule has 14 heteroatoms. The minimum atomic E-state index is -0.768. The number of anilines is 2. The molecule has 5 amide bonds. The smallest absolute Gasteiger partial charge is 0.321 e. The number of nitrogens with two attached hydrogens (primary N) is 1. The predicted octanol–water partition coefficient (Wildman–Crippen LogP) is 1.68. The molecule has 204 valence electrons. The number of nitrogens with one attached hydrogen (secondary N) is 2. The number of pyridine rings is 1. The summed E-state index contributed by atoms with van der Waals surface area (Å²) in [7, 11) is 0. The number of benzene rings is 1. The molecule has 0 spiro atoms. The SMILES string of the molecule is NC(=O)c1nn(CC(=O)N(CC(=O)Nc2cccc(Cl)n2)C2CC2)c2ccc(NC(=O)N3CCOCC3)cc12. The van der Waals surface area contributed by atoms with Crippen molar-refractivity contribution in [1.29, 1.82) is 0 Å². The number of carbonyl (C=O) groups is 4. The number of ether oxygens (including phenoxy) is 1. The second kappa shape index (κ2) is 11.3. The highest BCUT2D eigenvalue weighted by Crippen LogP contribution is 2.28. The molecular weight excluding hydrogens is 528 g/mol. The van der Waals surface area contributed by atoms with Crippen molar-refractivity contribution in [2.75, 3.05) is 43.5 Å². The summed E-state index contributed by atoms with van der Waals surface area (Å²) in [5, 5.41) is 10.4. The largest absolute Gasteiger partial charge is 0.378 e. The fourth-order valence-corrected chi connectivity index (χ4v) is 4.53. The lowest BCUT2D eigenvalue weighted by Crippen LogP contribution is -2.43. The van der Waals surface area contributed by atoms with Crippen LogP contribution in [0.4, 0.5) is 16.3 Å². The van der Waals surface area contributed by atoms with E-state index < -0.39 is 11.8 Å². The van der Waals surface area contributed by atoms with E-state index in [4.69, 9.17) is 22.1 Å². The van der Waals surface area contributed by atoms with Crippen LogP contribution in [0.25, 0.3) is 10.9 Å². The Morgan fingerprint density at radius 3 is 2.56 bits per heavy atom. The molecule has 1 aromatic carbocycles. The average molecular weight is 555 g/mol. The maximum atomic E-state index is 13.3. The lowest BCUT2D eigenvalue weighted by molar-refractivity contribution is -0.135. The van der Waals surface area contributed by atoms with Crippen LogP contribution in [0.1, 0.15) is 23.3 Å². The third-order valence-electron chi connectivity index (χ3n) is 6.42. The number of aromatic nitrogens is 3. The van der Waals surface area contributed by atoms with Gasteiger partial charge in [-0.3, -0.25) is 19.1 Å². The first kappa shape index (κ1) is 26.4. The highest BCUT2D eigenvalue weighted by atomic mass is 35.5. The van der Waals surface area contributed by atoms with E-state index in [0.29, 0.717) is 42.9 Å². The molecule has 0 unspecified atom stereocenters. The lowest BCUT2D eigenvalue weighted by atomic mass is 10.2. The van der Waals surface area contributed by atoms with Crippen LogP contribution < -0.4 is 16.4 Å². The standard InChI is InChI=1S/C25H27ClN8O5/c26-19-2-1-3-20(29-19)30-21(35)13-33(16-5-6-16)22(36)14-34-18-7-4-15(12-17(18)23(31-34)24(27)37)28-25(38)32-8-10-39-11-9-32/h1-4,7,12,16H,5-6,8-11,13-14H2,(H2,27,37)(H,28,38)(H,29,30,35). The Balaban J connectivity index is 1.31. The molecule has 1 aliphatic heterocycles. The van der Waals surface area contributed by atoms with Crippen LogP contribution in [0.5, 0.6) is 0 Å². The number of urea groups is 1. The second-order valence-corrected chi connectivity index (χ2v) is 9.67. The molecule has 1 saturated heterocycles. The maximum absolute atomic E-state index is 13.3. The van der Waals surface area contributed by atoms with E-state index in [9.17, 15) is 19.2 Å². The van der Waals surface area contributed by atoms with Gasteiger partial charge in [-0.2, -0.15) is 5.10 Å². The quantitative estimate of drug-likeness (QED) is 0.356. The zero-order valence-electron chi connectivity index (χ0n) is 20.9. The number of fused-ring (bicyclic) bond motifs is 1. The summed E-state index contributed by atoms with van der Waals surface area (Å²) in [6.07, 6.45) is 1.57. The Labute approximate surface area is 228 Å². The highest BCUT2D eigenvalue weighted by Gasteiger charge is 2.34. The molecule has 3 heterocycles. The van der Waals surface area contributed by atoms with Crippen LogP contribution in [-0.2, 0) is 20.9 Å². The molecule has 2 aromatic heterocycles. The van der Waals surface area contributed by atoms with Crippen LogP contribution >= 0.6 is 11.6 Å². The fraction of sp³-hybridized carbons (Fsp3) is 0.360. The molecule has 39 heavy (non-hydrogen) atoms. The molecule has 2 fully saturated rings. The first-order chi connectivity index (χ1) is 18.8. The van der Waals surface area contributed by atoms with Gasteiger partial charge >= 0.3 is 6.03 Å². The summed E-state index contributed by atoms with van der Waals surface area (Å²) in [6.45, 7) is 1.52. The molecule has 1 saturated carbocycles. The number of halogens is 1. The summed E-state index contributed by atoms with van der Waals surface area (Å²) in [5.74, 6) is -1.22. The zero-order valence-corrected chi connectivity index (χ0v) is 21.7. The minimum absolute atomic E-state index is 0.0250. The topological polar surface area (TPSA) is 165 Å². The van der Waals surface area contributed by atoms with Crippen molar-refractivity contribution in [3.8, 4) is 0 Å². The average Bonchev–Trinajstić information content (AvgIpc) is 3.69. The Morgan fingerprint density at radius 2 is 1.87 bits per heavy atom. The van der Waals surface area contributed by atoms with E-state index in [1.54, 1.807) is 41.3 Å². The molecule has 0 atom stereocenters. The summed E-state index contributed by atoms with van der Waals surface area (Å²) in [6, 6.07) is 9.44. The molecule has 0 radical (unpaired) electrons. The Kier molecular flexibility index (Phi) is 7.61. The van der Waals surface area contributed by atoms with Gasteiger partial charge in [-0.15, -0.1) is 0 Å². The van der Waals surface area contributed by atoms with E-state index in [1.165, 1.54) is 9.58 Å². The van der Waals surface area contributed by atoms with Crippen molar-refractivity contribution in [3.05, 3.63) is 47.2 Å². The number of nitrogens with zero attached hydrogens (tertiary/aromatic N) is 5. The molecule has 0 bridgehead atoms. The molecule has 4 N–H and O–H groups in total. The molecule has 13 nitrogen and oxygen atoms in total. The number of hydrogen-bond acceptors (Lipinski definition) is 7. The molecule has 5 rings (SSSR count). The van der Waals surface area contributed by atoms with Crippen LogP contribution in [-0.4, -0.2) is 87.2 Å². The summed E-state index contributed by atoms with van der Waals surface area (Å²) in [4.78, 5) is 57.9. The summed E-state index contributed by atoms with van der Waals surface area (Å²) in [5.41, 5.74) is 6.49. The van der Waals surface area contributed by atoms with E-state index in [2.05, 4.69) is 20.7 Å². The van der Waals surface area contributed by atoms with Gasteiger partial charge < -0.3 is 30.9 Å². The van der Waals surface area contributed by atoms with Crippen molar-refractivity contribution in [3.63, 3.8) is 0 Å². The van der Waals surface area contributed by atoms with Gasteiger partial charge in [0.1, 0.15) is 24.1 Å². The Bertz CT molecular complexity index is 1430. The number of hydrogen-bond donors (Lipinski definition) is 3. The lowest BCUT2D eigenvalue weighted by Gasteiger charge is -2.26. The maximum Gasteiger partial charge on any atom is 0.321 e. The van der Waals surface area contributed by atoms with Crippen LogP contribution in [0.3, 0.4) is 0 Å². The van der Waals surface area contributed by atoms with Gasteiger partial charge in [-0.25, -0.2) is 9.78 Å². The third-order valence-corrected chi connectivity index (χ3v) is 6.63. The molecule has 3 aromatic rings. The molecular formula is C25H27ClN8O5. The van der Waals surface area contributed by atoms with E-state index >= 15 is 0 Å². The minimum Gasteiger partial charge on any atom is -0.378 e. The van der Waals surface area contributed by atoms with Crippen molar-refractivity contribution in [2.45, 2.75) is 25.4 Å². The normalized spacial score (nSPS) is 15.2. The van der Waals surface area contributed by atoms with E-state index in [-0.39, 0.29) is 47.7 Å². The summed E-state index contributed by atoms with van der Waals surface area (Å²) >= 11 is 5.88. The highest BCUT2D eigenvalue weighted by molar-refractivity contribution is 6.29. The Hall–Kier alpha value is -4.23. The van der Waals surface area contributed by atoms with E-state index in [1.807, 2.05) is 0 Å². The first-order valence-corrected chi connectivity index (χ1v) is 12.8. The van der Waals surface area contributed by atoms with Gasteiger partial charge in [-0.1, -0.05) is 17.7 Å². The van der Waals surface area contributed by atoms with Gasteiger partial charge in [0.2, 0.25) is 11.8 Å². The Morgan fingerprint density at radius 1 is 1.10 bits per heavy atom. The van der Waals surface area contributed by atoms with Crippen molar-refractivity contribution in [2.24, 2.45) is 5.73 Å². The predicted molar refractivity (Wildman–Crippen MR) is 142 cm³/mol. The van der Waals surface area contributed by atoms with Gasteiger partial charge in [0.05, 0.1) is 18.7 Å². The van der Waals surface area contributed by atoms with Crippen LogP contribution in [0, 0.1) is 0 Å². The fourth-order valence-electron chi connectivity index (χ4n) is 4.37. The number of primary amides is 1. The number of amides is 5. The first-order valence-electron chi connectivity index (χ1n) is 12.4.